The number of methoxy groups -OCH3 is 2. The van der Waals surface area contributed by atoms with Gasteiger partial charge in [0.05, 0.1) is 47.2 Å². The van der Waals surface area contributed by atoms with Crippen molar-refractivity contribution in [2.24, 2.45) is 5.73 Å². The summed E-state index contributed by atoms with van der Waals surface area (Å²) in [5.41, 5.74) is 20.3. The first-order valence-corrected chi connectivity index (χ1v) is 15.9. The minimum atomic E-state index is -1.10. The number of anilines is 2. The molecule has 0 aliphatic heterocycles. The molecule has 0 aromatic heterocycles. The zero-order chi connectivity index (χ0) is 36.7. The van der Waals surface area contributed by atoms with Crippen molar-refractivity contribution < 1.29 is 24.2 Å². The number of aromatic carboxylic acids is 1. The lowest BCUT2D eigenvalue weighted by Gasteiger charge is -2.25. The lowest BCUT2D eigenvalue weighted by atomic mass is 10.1. The van der Waals surface area contributed by atoms with Gasteiger partial charge in [0, 0.05) is 31.3 Å². The van der Waals surface area contributed by atoms with Crippen LogP contribution in [-0.2, 0) is 0 Å². The third-order valence-electron chi connectivity index (χ3n) is 7.41. The van der Waals surface area contributed by atoms with Crippen molar-refractivity contribution in [2.75, 3.05) is 67.0 Å². The Morgan fingerprint density at radius 3 is 1.53 bits per heavy atom. The number of amides is 1. The molecule has 0 saturated heterocycles. The molecule has 0 bridgehead atoms. The number of nitrogen functional groups attached to an aromatic ring is 2. The predicted octanol–water partition coefficient (Wildman–Crippen LogP) is 5.84. The van der Waals surface area contributed by atoms with Crippen molar-refractivity contribution in [2.45, 2.75) is 12.1 Å². The molecule has 0 heterocycles. The number of hydrogen-bond donors (Lipinski definition) is 5. The summed E-state index contributed by atoms with van der Waals surface area (Å²) in [6, 6.07) is 26.5. The molecule has 0 aliphatic rings. The van der Waals surface area contributed by atoms with Gasteiger partial charge in [-0.1, -0.05) is 83.9 Å². The van der Waals surface area contributed by atoms with Gasteiger partial charge in [0.2, 0.25) is 0 Å². The molecule has 1 amide bonds. The van der Waals surface area contributed by atoms with E-state index in [1.807, 2.05) is 76.7 Å². The molecule has 0 aliphatic carbocycles. The number of nitrogens with one attached hydrogen (secondary N) is 1. The van der Waals surface area contributed by atoms with E-state index >= 15 is 0 Å². The second-order valence-electron chi connectivity index (χ2n) is 11.2. The first-order valence-electron chi connectivity index (χ1n) is 15.2. The van der Waals surface area contributed by atoms with Gasteiger partial charge in [-0.2, -0.15) is 0 Å². The molecule has 264 valence electrons. The Morgan fingerprint density at radius 1 is 0.735 bits per heavy atom. The maximum absolute atomic E-state index is 12.5. The summed E-state index contributed by atoms with van der Waals surface area (Å²) in [5, 5.41) is 12.2. The molecule has 11 nitrogen and oxygen atoms in total. The maximum atomic E-state index is 12.5. The summed E-state index contributed by atoms with van der Waals surface area (Å²) in [6.45, 7) is 1.12. The van der Waals surface area contributed by atoms with Crippen molar-refractivity contribution >= 4 is 46.5 Å². The molecule has 2 unspecified atom stereocenters. The van der Waals surface area contributed by atoms with Gasteiger partial charge >= 0.3 is 5.97 Å². The Kier molecular flexibility index (Phi) is 16.7. The minimum absolute atomic E-state index is 0.00157. The molecule has 4 aromatic rings. The highest BCUT2D eigenvalue weighted by Gasteiger charge is 2.19. The van der Waals surface area contributed by atoms with Crippen LogP contribution in [-0.4, -0.2) is 82.3 Å². The Bertz CT molecular complexity index is 1640. The average molecular weight is 714 g/mol. The smallest absolute Gasteiger partial charge is 0.339 e. The molecule has 8 N–H and O–H groups in total. The van der Waals surface area contributed by atoms with Gasteiger partial charge in [0.15, 0.2) is 0 Å². The highest BCUT2D eigenvalue weighted by atomic mass is 35.5. The SMILES string of the molecule is CN(C)C(CN)c1ccccc1.COc1cc(N)c(Cl)cc1C(=O)NCC(c1ccccc1)N(C)C.COc1cc(N)c(Cl)cc1C(=O)O. The first kappa shape index (κ1) is 40.7. The van der Waals surface area contributed by atoms with Gasteiger partial charge in [-0.25, -0.2) is 4.79 Å². The van der Waals surface area contributed by atoms with Gasteiger partial charge in [-0.3, -0.25) is 4.79 Å². The highest BCUT2D eigenvalue weighted by molar-refractivity contribution is 6.34. The average Bonchev–Trinajstić information content (AvgIpc) is 3.08. The number of rotatable bonds is 11. The number of carbonyl (C=O) groups excluding carboxylic acids is 1. The lowest BCUT2D eigenvalue weighted by molar-refractivity contribution is 0.0693. The number of hydrogen-bond acceptors (Lipinski definition) is 9. The molecular weight excluding hydrogens is 667 g/mol. The molecule has 0 spiro atoms. The van der Waals surface area contributed by atoms with Crippen molar-refractivity contribution in [3.8, 4) is 11.5 Å². The Morgan fingerprint density at radius 2 is 1.14 bits per heavy atom. The zero-order valence-electron chi connectivity index (χ0n) is 28.6. The predicted molar refractivity (Wildman–Crippen MR) is 199 cm³/mol. The Hall–Kier alpha value is -4.52. The molecule has 0 saturated carbocycles. The van der Waals surface area contributed by atoms with Crippen LogP contribution in [0.5, 0.6) is 11.5 Å². The number of nitrogens with zero attached hydrogens (tertiary/aromatic N) is 2. The quantitative estimate of drug-likeness (QED) is 0.119. The number of halogens is 2. The van der Waals surface area contributed by atoms with Crippen LogP contribution in [0.3, 0.4) is 0 Å². The van der Waals surface area contributed by atoms with Crippen molar-refractivity contribution in [3.05, 3.63) is 117 Å². The minimum Gasteiger partial charge on any atom is -0.496 e. The van der Waals surface area contributed by atoms with E-state index in [0.717, 1.165) is 5.56 Å². The van der Waals surface area contributed by atoms with Crippen LogP contribution < -0.4 is 32.0 Å². The van der Waals surface area contributed by atoms with Gasteiger partial charge in [0.1, 0.15) is 17.1 Å². The van der Waals surface area contributed by atoms with Gasteiger partial charge < -0.3 is 46.9 Å². The van der Waals surface area contributed by atoms with Crippen molar-refractivity contribution in [1.82, 2.24) is 15.1 Å². The number of carboxylic acid groups (broad SMARTS) is 1. The van der Waals surface area contributed by atoms with Crippen LogP contribution >= 0.6 is 23.2 Å². The topological polar surface area (TPSA) is 169 Å². The largest absolute Gasteiger partial charge is 0.496 e. The molecule has 49 heavy (non-hydrogen) atoms. The van der Waals surface area contributed by atoms with E-state index in [1.54, 1.807) is 6.07 Å². The number of likely N-dealkylation sites (N-methyl/N-ethyl adjacent to an activating group) is 2. The van der Waals surface area contributed by atoms with Crippen LogP contribution in [0.15, 0.2) is 84.9 Å². The molecule has 4 aromatic carbocycles. The van der Waals surface area contributed by atoms with E-state index in [1.165, 1.54) is 38.0 Å². The van der Waals surface area contributed by atoms with Crippen LogP contribution in [0.25, 0.3) is 0 Å². The van der Waals surface area contributed by atoms with Gasteiger partial charge in [-0.05, 0) is 51.5 Å². The number of ether oxygens (including phenoxy) is 2. The second-order valence-corrected chi connectivity index (χ2v) is 12.0. The Labute approximate surface area is 298 Å². The highest BCUT2D eigenvalue weighted by Crippen LogP contribution is 2.30. The van der Waals surface area contributed by atoms with E-state index in [4.69, 9.17) is 55.0 Å². The maximum Gasteiger partial charge on any atom is 0.339 e. The fraction of sp³-hybridized carbons (Fsp3) is 0.278. The van der Waals surface area contributed by atoms with E-state index in [-0.39, 0.29) is 28.3 Å². The molecule has 0 fully saturated rings. The van der Waals surface area contributed by atoms with Crippen LogP contribution in [0.2, 0.25) is 10.0 Å². The number of nitrogens with two attached hydrogens (primary N) is 3. The van der Waals surface area contributed by atoms with E-state index in [2.05, 4.69) is 27.2 Å². The molecule has 0 radical (unpaired) electrons. The van der Waals surface area contributed by atoms with Gasteiger partial charge in [0.25, 0.3) is 5.91 Å². The second kappa shape index (κ2) is 20.1. The van der Waals surface area contributed by atoms with E-state index in [0.29, 0.717) is 46.8 Å². The van der Waals surface area contributed by atoms with E-state index < -0.39 is 5.97 Å². The molecule has 2 atom stereocenters. The molecular formula is C36H46Cl2N6O5. The van der Waals surface area contributed by atoms with E-state index in [9.17, 15) is 9.59 Å². The molecule has 4 rings (SSSR count). The summed E-state index contributed by atoms with van der Waals surface area (Å²) < 4.78 is 10.1. The Balaban J connectivity index is 0.000000281. The summed E-state index contributed by atoms with van der Waals surface area (Å²) in [7, 11) is 10.9. The fourth-order valence-electron chi connectivity index (χ4n) is 4.70. The molecule has 13 heteroatoms. The van der Waals surface area contributed by atoms with Crippen molar-refractivity contribution in [1.29, 1.82) is 0 Å². The summed E-state index contributed by atoms with van der Waals surface area (Å²) in [6.07, 6.45) is 0. The van der Waals surface area contributed by atoms with Crippen LogP contribution in [0, 0.1) is 0 Å². The third kappa shape index (κ3) is 12.1. The third-order valence-corrected chi connectivity index (χ3v) is 8.06. The summed E-state index contributed by atoms with van der Waals surface area (Å²) in [5.74, 6) is -0.750. The zero-order valence-corrected chi connectivity index (χ0v) is 30.1. The number of carbonyl (C=O) groups is 2. The van der Waals surface area contributed by atoms with Gasteiger partial charge in [-0.15, -0.1) is 0 Å². The van der Waals surface area contributed by atoms with Crippen LogP contribution in [0.4, 0.5) is 11.4 Å². The fourth-order valence-corrected chi connectivity index (χ4v) is 5.03. The lowest BCUT2D eigenvalue weighted by Crippen LogP contribution is -2.34. The number of benzene rings is 4. The summed E-state index contributed by atoms with van der Waals surface area (Å²) in [4.78, 5) is 27.4. The summed E-state index contributed by atoms with van der Waals surface area (Å²) >= 11 is 11.7. The monoisotopic (exact) mass is 712 g/mol. The first-order chi connectivity index (χ1) is 23.2. The van der Waals surface area contributed by atoms with Crippen LogP contribution in [0.1, 0.15) is 43.9 Å². The normalized spacial score (nSPS) is 11.7. The number of carboxylic acids is 1. The standard InChI is InChI=1S/C18H22ClN3O2.C10H16N2.C8H8ClNO3/c1-22(2)16(12-7-5-4-6-8-12)11-21-18(23)13-9-14(19)15(20)10-17(13)24-3;1-12(2)10(8-11)9-6-4-3-5-7-9;1-13-7-3-6(10)5(9)2-4(7)8(11)12/h4-10,16H,11,20H2,1-3H3,(H,21,23);3-7,10H,8,11H2,1-2H3;2-3H,10H2,1H3,(H,11,12). The van der Waals surface area contributed by atoms with Crippen molar-refractivity contribution in [3.63, 3.8) is 0 Å².